The van der Waals surface area contributed by atoms with E-state index in [0.717, 1.165) is 24.9 Å². The average molecular weight is 341 g/mol. The number of amides is 1. The highest BCUT2D eigenvalue weighted by molar-refractivity contribution is 5.83. The van der Waals surface area contributed by atoms with Crippen molar-refractivity contribution in [3.63, 3.8) is 0 Å². The molecule has 1 N–H and O–H groups in total. The van der Waals surface area contributed by atoms with Gasteiger partial charge in [0.2, 0.25) is 5.91 Å². The Morgan fingerprint density at radius 1 is 1.32 bits per heavy atom. The smallest absolute Gasteiger partial charge is 0.242 e. The van der Waals surface area contributed by atoms with E-state index in [0.29, 0.717) is 25.7 Å². The highest BCUT2D eigenvalue weighted by Gasteiger charge is 2.34. The van der Waals surface area contributed by atoms with Crippen molar-refractivity contribution in [2.45, 2.75) is 37.6 Å². The van der Waals surface area contributed by atoms with Crippen LogP contribution in [0.1, 0.15) is 24.4 Å². The Hall–Kier alpha value is -2.25. The molecule has 0 radical (unpaired) electrons. The lowest BCUT2D eigenvalue weighted by Crippen LogP contribution is -2.50. The van der Waals surface area contributed by atoms with Crippen molar-refractivity contribution in [1.82, 2.24) is 25.0 Å². The van der Waals surface area contributed by atoms with E-state index in [2.05, 4.69) is 20.3 Å². The summed E-state index contributed by atoms with van der Waals surface area (Å²) in [5, 5.41) is 7.31. The standard InChI is InChI=1S/C18H23N5O2/c24-18(21-15-6-7-15)17(14-4-2-1-3-5-14)22-8-9-25-16(10-22)11-23-13-19-12-20-23/h1-5,12-13,15-17H,6-11H2,(H,21,24)/t16-,17-/m0/s1. The van der Waals surface area contributed by atoms with Crippen LogP contribution in [0.5, 0.6) is 0 Å². The van der Waals surface area contributed by atoms with Gasteiger partial charge in [0.05, 0.1) is 19.3 Å². The van der Waals surface area contributed by atoms with Gasteiger partial charge in [-0.05, 0) is 18.4 Å². The van der Waals surface area contributed by atoms with Crippen LogP contribution in [0.4, 0.5) is 0 Å². The van der Waals surface area contributed by atoms with E-state index in [4.69, 9.17) is 4.74 Å². The maximum Gasteiger partial charge on any atom is 0.242 e. The Bertz CT molecular complexity index is 687. The predicted octanol–water partition coefficient (Wildman–Crippen LogP) is 0.999. The zero-order valence-electron chi connectivity index (χ0n) is 14.1. The highest BCUT2D eigenvalue weighted by Crippen LogP contribution is 2.26. The molecule has 2 aliphatic rings. The van der Waals surface area contributed by atoms with E-state index in [-0.39, 0.29) is 18.1 Å². The summed E-state index contributed by atoms with van der Waals surface area (Å²) in [4.78, 5) is 19.1. The molecule has 1 amide bonds. The van der Waals surface area contributed by atoms with Crippen molar-refractivity contribution in [1.29, 1.82) is 0 Å². The summed E-state index contributed by atoms with van der Waals surface area (Å²) in [6, 6.07) is 10.1. The van der Waals surface area contributed by atoms with Crippen molar-refractivity contribution in [2.75, 3.05) is 19.7 Å². The zero-order valence-corrected chi connectivity index (χ0v) is 14.1. The van der Waals surface area contributed by atoms with Crippen molar-refractivity contribution in [3.05, 3.63) is 48.5 Å². The summed E-state index contributed by atoms with van der Waals surface area (Å²) in [6.45, 7) is 2.69. The van der Waals surface area contributed by atoms with E-state index >= 15 is 0 Å². The molecule has 1 saturated carbocycles. The second kappa shape index (κ2) is 7.33. The minimum Gasteiger partial charge on any atom is -0.374 e. The number of aromatic nitrogens is 3. The molecule has 7 heteroatoms. The van der Waals surface area contributed by atoms with Crippen LogP contribution in [0, 0.1) is 0 Å². The molecule has 132 valence electrons. The van der Waals surface area contributed by atoms with Crippen LogP contribution >= 0.6 is 0 Å². The van der Waals surface area contributed by atoms with Gasteiger partial charge in [0, 0.05) is 19.1 Å². The third-order valence-corrected chi connectivity index (χ3v) is 4.68. The van der Waals surface area contributed by atoms with Gasteiger partial charge in [0.25, 0.3) is 0 Å². The van der Waals surface area contributed by atoms with Crippen LogP contribution < -0.4 is 5.32 Å². The number of nitrogens with zero attached hydrogens (tertiary/aromatic N) is 4. The van der Waals surface area contributed by atoms with E-state index in [1.165, 1.54) is 6.33 Å². The highest BCUT2D eigenvalue weighted by atomic mass is 16.5. The molecule has 7 nitrogen and oxygen atoms in total. The molecule has 0 unspecified atom stereocenters. The topological polar surface area (TPSA) is 72.3 Å². The summed E-state index contributed by atoms with van der Waals surface area (Å²) in [5.41, 5.74) is 1.03. The molecule has 2 fully saturated rings. The van der Waals surface area contributed by atoms with E-state index in [1.54, 1.807) is 11.0 Å². The first-order chi connectivity index (χ1) is 12.3. The number of benzene rings is 1. The minimum atomic E-state index is -0.274. The first-order valence-electron chi connectivity index (χ1n) is 8.83. The largest absolute Gasteiger partial charge is 0.374 e. The molecule has 25 heavy (non-hydrogen) atoms. The third kappa shape index (κ3) is 4.05. The second-order valence-electron chi connectivity index (χ2n) is 6.70. The monoisotopic (exact) mass is 341 g/mol. The van der Waals surface area contributed by atoms with Gasteiger partial charge in [0.1, 0.15) is 18.7 Å². The van der Waals surface area contributed by atoms with Crippen molar-refractivity contribution >= 4 is 5.91 Å². The first kappa shape index (κ1) is 16.2. The van der Waals surface area contributed by atoms with Crippen LogP contribution in [-0.2, 0) is 16.1 Å². The molecule has 2 atom stereocenters. The number of carbonyl (C=O) groups excluding carboxylic acids is 1. The fourth-order valence-electron chi connectivity index (χ4n) is 3.29. The van der Waals surface area contributed by atoms with Crippen LogP contribution in [-0.4, -0.2) is 57.4 Å². The van der Waals surface area contributed by atoms with Crippen LogP contribution in [0.3, 0.4) is 0 Å². The number of ether oxygens (including phenoxy) is 1. The maximum atomic E-state index is 12.9. The lowest BCUT2D eigenvalue weighted by molar-refractivity contribution is -0.130. The van der Waals surface area contributed by atoms with Crippen molar-refractivity contribution in [2.24, 2.45) is 0 Å². The Morgan fingerprint density at radius 3 is 2.88 bits per heavy atom. The molecular formula is C18H23N5O2. The lowest BCUT2D eigenvalue weighted by Gasteiger charge is -2.37. The van der Waals surface area contributed by atoms with Crippen LogP contribution in [0.2, 0.25) is 0 Å². The summed E-state index contributed by atoms with van der Waals surface area (Å²) < 4.78 is 7.65. The zero-order chi connectivity index (χ0) is 17.1. The third-order valence-electron chi connectivity index (χ3n) is 4.68. The fraction of sp³-hybridized carbons (Fsp3) is 0.500. The molecule has 2 aromatic rings. The van der Waals surface area contributed by atoms with Gasteiger partial charge in [0.15, 0.2) is 0 Å². The van der Waals surface area contributed by atoms with Gasteiger partial charge in [-0.25, -0.2) is 4.98 Å². The Kier molecular flexibility index (Phi) is 4.76. The number of hydrogen-bond acceptors (Lipinski definition) is 5. The number of hydrogen-bond donors (Lipinski definition) is 1. The molecule has 1 aliphatic carbocycles. The molecule has 1 saturated heterocycles. The maximum absolute atomic E-state index is 12.9. The predicted molar refractivity (Wildman–Crippen MR) is 91.7 cm³/mol. The number of rotatable bonds is 6. The molecular weight excluding hydrogens is 318 g/mol. The van der Waals surface area contributed by atoms with E-state index in [1.807, 2.05) is 30.3 Å². The van der Waals surface area contributed by atoms with Crippen molar-refractivity contribution in [3.8, 4) is 0 Å². The van der Waals surface area contributed by atoms with Gasteiger partial charge in [-0.1, -0.05) is 30.3 Å². The molecule has 0 bridgehead atoms. The van der Waals surface area contributed by atoms with Gasteiger partial charge >= 0.3 is 0 Å². The Balaban J connectivity index is 1.50. The average Bonchev–Trinajstić information content (AvgIpc) is 3.29. The van der Waals surface area contributed by atoms with E-state index in [9.17, 15) is 4.79 Å². The summed E-state index contributed by atoms with van der Waals surface area (Å²) in [7, 11) is 0. The first-order valence-corrected chi connectivity index (χ1v) is 8.83. The second-order valence-corrected chi connectivity index (χ2v) is 6.70. The van der Waals surface area contributed by atoms with Crippen LogP contribution in [0.15, 0.2) is 43.0 Å². The summed E-state index contributed by atoms with van der Waals surface area (Å²) in [6.07, 6.45) is 5.39. The van der Waals surface area contributed by atoms with Gasteiger partial charge < -0.3 is 10.1 Å². The Morgan fingerprint density at radius 2 is 2.16 bits per heavy atom. The fourth-order valence-corrected chi connectivity index (χ4v) is 3.29. The number of nitrogens with one attached hydrogen (secondary N) is 1. The number of morpholine rings is 1. The van der Waals surface area contributed by atoms with Crippen molar-refractivity contribution < 1.29 is 9.53 Å². The molecule has 4 rings (SSSR count). The number of carbonyl (C=O) groups is 1. The van der Waals surface area contributed by atoms with Crippen LogP contribution in [0.25, 0.3) is 0 Å². The summed E-state index contributed by atoms with van der Waals surface area (Å²) in [5.74, 6) is 0.0927. The quantitative estimate of drug-likeness (QED) is 0.849. The van der Waals surface area contributed by atoms with E-state index < -0.39 is 0 Å². The van der Waals surface area contributed by atoms with Gasteiger partial charge in [-0.2, -0.15) is 5.10 Å². The Labute approximate surface area is 147 Å². The minimum absolute atomic E-state index is 0.00427. The molecule has 1 aliphatic heterocycles. The summed E-state index contributed by atoms with van der Waals surface area (Å²) >= 11 is 0. The molecule has 0 spiro atoms. The lowest BCUT2D eigenvalue weighted by atomic mass is 10.0. The van der Waals surface area contributed by atoms with Gasteiger partial charge in [-0.3, -0.25) is 14.4 Å². The molecule has 2 heterocycles. The van der Waals surface area contributed by atoms with Gasteiger partial charge in [-0.15, -0.1) is 0 Å². The molecule has 1 aromatic heterocycles. The SMILES string of the molecule is O=C(NC1CC1)[C@H](c1ccccc1)N1CCO[C@H](Cn2cncn2)C1. The molecule has 1 aromatic carbocycles. The normalized spacial score (nSPS) is 22.5.